The topological polar surface area (TPSA) is 9.23 Å². The summed E-state index contributed by atoms with van der Waals surface area (Å²) in [6.07, 6.45) is 0. The first-order valence-electron chi connectivity index (χ1n) is 7.58. The van der Waals surface area contributed by atoms with Gasteiger partial charge < -0.3 is 4.74 Å². The minimum absolute atomic E-state index is 0.636. The van der Waals surface area contributed by atoms with Crippen molar-refractivity contribution in [2.75, 3.05) is 0 Å². The second-order valence-corrected chi connectivity index (χ2v) is 12.0. The molecule has 1 nitrogen and oxygen atoms in total. The fourth-order valence-corrected chi connectivity index (χ4v) is 3.57. The van der Waals surface area contributed by atoms with E-state index < -0.39 is 8.07 Å². The smallest absolute Gasteiger partial charge is 0.125 e. The van der Waals surface area contributed by atoms with Crippen molar-refractivity contribution in [2.45, 2.75) is 47.0 Å². The summed E-state index contributed by atoms with van der Waals surface area (Å²) in [7, 11) is -1.21. The number of rotatable bonds is 4. The van der Waals surface area contributed by atoms with Gasteiger partial charge in [-0.25, -0.2) is 0 Å². The number of hydrogen-bond donors (Lipinski definition) is 0. The van der Waals surface area contributed by atoms with Crippen LogP contribution in [0.2, 0.25) is 19.6 Å². The van der Waals surface area contributed by atoms with Gasteiger partial charge in [0.05, 0.1) is 8.07 Å². The first-order chi connectivity index (χ1) is 9.79. The van der Waals surface area contributed by atoms with Crippen molar-refractivity contribution in [3.05, 3.63) is 58.7 Å². The fraction of sp³-hybridized carbons (Fsp3) is 0.368. The summed E-state index contributed by atoms with van der Waals surface area (Å²) >= 11 is 0. The van der Waals surface area contributed by atoms with E-state index in [1.54, 1.807) is 0 Å². The van der Waals surface area contributed by atoms with E-state index in [4.69, 9.17) is 4.74 Å². The lowest BCUT2D eigenvalue weighted by molar-refractivity contribution is 0.302. The Morgan fingerprint density at radius 3 is 1.95 bits per heavy atom. The van der Waals surface area contributed by atoms with Gasteiger partial charge in [-0.1, -0.05) is 61.2 Å². The van der Waals surface area contributed by atoms with Gasteiger partial charge in [-0.2, -0.15) is 0 Å². The van der Waals surface area contributed by atoms with Gasteiger partial charge in [-0.15, -0.1) is 0 Å². The fourth-order valence-electron chi connectivity index (χ4n) is 2.40. The van der Waals surface area contributed by atoms with Crippen molar-refractivity contribution in [1.82, 2.24) is 0 Å². The molecule has 0 aliphatic heterocycles. The molecule has 0 radical (unpaired) electrons. The molecule has 0 N–H and O–H groups in total. The molecule has 21 heavy (non-hydrogen) atoms. The molecule has 112 valence electrons. The van der Waals surface area contributed by atoms with Crippen LogP contribution in [0.5, 0.6) is 5.75 Å². The Labute approximate surface area is 130 Å². The van der Waals surface area contributed by atoms with E-state index in [1.807, 2.05) is 0 Å². The maximum atomic E-state index is 6.07. The van der Waals surface area contributed by atoms with Gasteiger partial charge >= 0.3 is 0 Å². The molecule has 0 aromatic heterocycles. The molecule has 2 aromatic rings. The molecule has 0 amide bonds. The zero-order valence-electron chi connectivity index (χ0n) is 14.1. The number of hydrogen-bond acceptors (Lipinski definition) is 1. The van der Waals surface area contributed by atoms with Gasteiger partial charge in [0.1, 0.15) is 12.4 Å². The Balaban J connectivity index is 2.12. The third-order valence-electron chi connectivity index (χ3n) is 4.08. The molecule has 0 heterocycles. The Morgan fingerprint density at radius 2 is 1.38 bits per heavy atom. The highest BCUT2D eigenvalue weighted by atomic mass is 28.3. The van der Waals surface area contributed by atoms with Crippen LogP contribution in [0.15, 0.2) is 36.4 Å². The molecular weight excluding hydrogens is 272 g/mol. The lowest BCUT2D eigenvalue weighted by Crippen LogP contribution is -2.37. The minimum Gasteiger partial charge on any atom is -0.488 e. The van der Waals surface area contributed by atoms with E-state index in [2.05, 4.69) is 76.8 Å². The first-order valence-corrected chi connectivity index (χ1v) is 11.1. The van der Waals surface area contributed by atoms with Crippen LogP contribution in [-0.4, -0.2) is 8.07 Å². The molecule has 0 spiro atoms. The predicted octanol–water partition coefficient (Wildman–Crippen LogP) is 4.74. The van der Waals surface area contributed by atoms with Crippen molar-refractivity contribution in [3.8, 4) is 5.75 Å². The van der Waals surface area contributed by atoms with Crippen molar-refractivity contribution < 1.29 is 4.74 Å². The van der Waals surface area contributed by atoms with Crippen LogP contribution >= 0.6 is 0 Å². The Hall–Kier alpha value is -1.54. The summed E-state index contributed by atoms with van der Waals surface area (Å²) in [5, 5.41) is 1.49. The van der Waals surface area contributed by atoms with E-state index in [0.29, 0.717) is 6.61 Å². The predicted molar refractivity (Wildman–Crippen MR) is 94.4 cm³/mol. The summed E-state index contributed by atoms with van der Waals surface area (Å²) in [5.41, 5.74) is 4.97. The van der Waals surface area contributed by atoms with Crippen molar-refractivity contribution >= 4 is 13.3 Å². The van der Waals surface area contributed by atoms with E-state index >= 15 is 0 Å². The second kappa shape index (κ2) is 6.06. The van der Waals surface area contributed by atoms with Crippen LogP contribution in [0.4, 0.5) is 0 Å². The zero-order chi connectivity index (χ0) is 15.6. The zero-order valence-corrected chi connectivity index (χ0v) is 15.1. The normalized spacial score (nSPS) is 11.5. The summed E-state index contributed by atoms with van der Waals surface area (Å²) in [6, 6.07) is 13.2. The molecule has 2 heteroatoms. The lowest BCUT2D eigenvalue weighted by atomic mass is 10.1. The minimum atomic E-state index is -1.21. The quantitative estimate of drug-likeness (QED) is 0.741. The van der Waals surface area contributed by atoms with Crippen LogP contribution in [0, 0.1) is 20.8 Å². The largest absolute Gasteiger partial charge is 0.488 e. The van der Waals surface area contributed by atoms with Gasteiger partial charge in [0.2, 0.25) is 0 Å². The Morgan fingerprint density at radius 1 is 0.810 bits per heavy atom. The molecule has 2 aromatic carbocycles. The lowest BCUT2D eigenvalue weighted by Gasteiger charge is -2.17. The maximum absolute atomic E-state index is 6.07. The van der Waals surface area contributed by atoms with Gasteiger partial charge in [0, 0.05) is 0 Å². The molecule has 0 fully saturated rings. The van der Waals surface area contributed by atoms with Gasteiger partial charge in [0.25, 0.3) is 0 Å². The average Bonchev–Trinajstić information content (AvgIpc) is 2.43. The third-order valence-corrected chi connectivity index (χ3v) is 6.14. The SMILES string of the molecule is Cc1ccc(C)c(OCc2ccc([Si](C)(C)C)cc2)c1C. The summed E-state index contributed by atoms with van der Waals surface area (Å²) < 4.78 is 6.07. The third kappa shape index (κ3) is 3.76. The maximum Gasteiger partial charge on any atom is 0.125 e. The summed E-state index contributed by atoms with van der Waals surface area (Å²) in [4.78, 5) is 0. The molecule has 0 saturated heterocycles. The monoisotopic (exact) mass is 298 g/mol. The second-order valence-electron chi connectivity index (χ2n) is 6.89. The first kappa shape index (κ1) is 15.8. The average molecular weight is 299 g/mol. The molecule has 0 atom stereocenters. The van der Waals surface area contributed by atoms with E-state index in [-0.39, 0.29) is 0 Å². The van der Waals surface area contributed by atoms with Crippen LogP contribution in [0.25, 0.3) is 0 Å². The van der Waals surface area contributed by atoms with Crippen LogP contribution < -0.4 is 9.92 Å². The summed E-state index contributed by atoms with van der Waals surface area (Å²) in [5.74, 6) is 1.03. The van der Waals surface area contributed by atoms with Crippen molar-refractivity contribution in [2.24, 2.45) is 0 Å². The van der Waals surface area contributed by atoms with Crippen LogP contribution in [-0.2, 0) is 6.61 Å². The van der Waals surface area contributed by atoms with E-state index in [0.717, 1.165) is 5.75 Å². The van der Waals surface area contributed by atoms with E-state index in [9.17, 15) is 0 Å². The molecule has 0 bridgehead atoms. The highest BCUT2D eigenvalue weighted by Crippen LogP contribution is 2.26. The highest BCUT2D eigenvalue weighted by Gasteiger charge is 2.15. The number of ether oxygens (including phenoxy) is 1. The number of benzene rings is 2. The van der Waals surface area contributed by atoms with Gasteiger partial charge in [-0.3, -0.25) is 0 Å². The van der Waals surface area contributed by atoms with E-state index in [1.165, 1.54) is 27.4 Å². The Bertz CT molecular complexity index is 621. The molecule has 0 saturated carbocycles. The molecular formula is C19H26OSi. The van der Waals surface area contributed by atoms with Gasteiger partial charge in [-0.05, 0) is 43.0 Å². The molecule has 0 unspecified atom stereocenters. The standard InChI is InChI=1S/C19H26OSi/c1-14-7-8-15(2)19(16(14)3)20-13-17-9-11-18(12-10-17)21(4,5)6/h7-12H,13H2,1-6H3. The highest BCUT2D eigenvalue weighted by molar-refractivity contribution is 6.88. The van der Waals surface area contributed by atoms with Crippen LogP contribution in [0.3, 0.4) is 0 Å². The van der Waals surface area contributed by atoms with Crippen LogP contribution in [0.1, 0.15) is 22.3 Å². The Kier molecular flexibility index (Phi) is 4.57. The van der Waals surface area contributed by atoms with Crippen molar-refractivity contribution in [1.29, 1.82) is 0 Å². The van der Waals surface area contributed by atoms with Crippen molar-refractivity contribution in [3.63, 3.8) is 0 Å². The van der Waals surface area contributed by atoms with Gasteiger partial charge in [0.15, 0.2) is 0 Å². The molecule has 0 aliphatic rings. The number of aryl methyl sites for hydroxylation is 2. The summed E-state index contributed by atoms with van der Waals surface area (Å²) in [6.45, 7) is 14.1. The molecule has 0 aliphatic carbocycles. The molecule has 2 rings (SSSR count).